The van der Waals surface area contributed by atoms with Crippen LogP contribution in [0.2, 0.25) is 0 Å². The van der Waals surface area contributed by atoms with Crippen molar-refractivity contribution < 1.29 is 9.47 Å². The van der Waals surface area contributed by atoms with Crippen LogP contribution in [0.4, 0.5) is 0 Å². The van der Waals surface area contributed by atoms with Gasteiger partial charge in [0.05, 0.1) is 18.2 Å². The van der Waals surface area contributed by atoms with Crippen LogP contribution in [0.5, 0.6) is 5.75 Å². The first-order valence-electron chi connectivity index (χ1n) is 6.66. The van der Waals surface area contributed by atoms with Crippen molar-refractivity contribution in [2.24, 2.45) is 10.7 Å². The highest BCUT2D eigenvalue weighted by Crippen LogP contribution is 2.29. The first-order chi connectivity index (χ1) is 9.07. The van der Waals surface area contributed by atoms with E-state index >= 15 is 0 Å². The van der Waals surface area contributed by atoms with E-state index in [2.05, 4.69) is 24.9 Å². The van der Waals surface area contributed by atoms with Crippen molar-refractivity contribution in [2.75, 3.05) is 20.3 Å². The minimum absolute atomic E-state index is 0.159. The van der Waals surface area contributed by atoms with Crippen molar-refractivity contribution in [3.63, 3.8) is 0 Å². The van der Waals surface area contributed by atoms with Crippen molar-refractivity contribution in [1.29, 1.82) is 0 Å². The maximum Gasteiger partial charge on any atom is 0.220 e. The van der Waals surface area contributed by atoms with Crippen LogP contribution in [-0.4, -0.2) is 31.7 Å². The molecule has 1 aliphatic rings. The molecular formula is C15H22N2O2. The summed E-state index contributed by atoms with van der Waals surface area (Å²) in [6.45, 7) is 5.41. The van der Waals surface area contributed by atoms with Gasteiger partial charge in [0.25, 0.3) is 0 Å². The average Bonchev–Trinajstić information content (AvgIpc) is 2.76. The summed E-state index contributed by atoms with van der Waals surface area (Å²) in [6.07, 6.45) is 1.85. The lowest BCUT2D eigenvalue weighted by Gasteiger charge is -2.13. The van der Waals surface area contributed by atoms with E-state index < -0.39 is 0 Å². The van der Waals surface area contributed by atoms with Gasteiger partial charge in [-0.05, 0) is 44.9 Å². The number of rotatable bonds is 5. The molecule has 0 amide bonds. The summed E-state index contributed by atoms with van der Waals surface area (Å²) in [5, 5.41) is 0. The quantitative estimate of drug-likeness (QED) is 0.884. The van der Waals surface area contributed by atoms with Gasteiger partial charge in [0.15, 0.2) is 0 Å². The summed E-state index contributed by atoms with van der Waals surface area (Å²) in [7, 11) is 1.69. The maximum atomic E-state index is 5.70. The van der Waals surface area contributed by atoms with Gasteiger partial charge in [0.1, 0.15) is 12.4 Å². The Kier molecular flexibility index (Phi) is 4.10. The van der Waals surface area contributed by atoms with Gasteiger partial charge in [-0.25, -0.2) is 4.99 Å². The summed E-state index contributed by atoms with van der Waals surface area (Å²) in [5.74, 6) is 1.53. The predicted octanol–water partition coefficient (Wildman–Crippen LogP) is 2.14. The predicted molar refractivity (Wildman–Crippen MR) is 76.9 cm³/mol. The Labute approximate surface area is 114 Å². The van der Waals surface area contributed by atoms with E-state index in [1.54, 1.807) is 7.11 Å². The average molecular weight is 262 g/mol. The second-order valence-corrected chi connectivity index (χ2v) is 5.41. The molecule has 1 aromatic carbocycles. The van der Waals surface area contributed by atoms with Crippen LogP contribution < -0.4 is 10.5 Å². The van der Waals surface area contributed by atoms with Gasteiger partial charge in [0, 0.05) is 0 Å². The Hall–Kier alpha value is -1.55. The van der Waals surface area contributed by atoms with E-state index in [0.717, 1.165) is 29.7 Å². The van der Waals surface area contributed by atoms with Crippen LogP contribution in [0.3, 0.4) is 0 Å². The van der Waals surface area contributed by atoms with Crippen LogP contribution in [0.15, 0.2) is 23.2 Å². The number of para-hydroxylation sites is 1. The van der Waals surface area contributed by atoms with Crippen molar-refractivity contribution in [1.82, 2.24) is 0 Å². The molecule has 0 aromatic heterocycles. The standard InChI is InChI=1S/C15H22N2O2/c1-15(2)10-19-14(17-15)12-8-4-6-11(7-5-9-16)13(12)18-3/h4,6,8H,5,7,9-10,16H2,1-3H3. The Bertz CT molecular complexity index is 481. The van der Waals surface area contributed by atoms with Crippen LogP contribution >= 0.6 is 0 Å². The minimum Gasteiger partial charge on any atom is -0.496 e. The number of aliphatic imine (C=N–C) groups is 1. The number of hydrogen-bond acceptors (Lipinski definition) is 4. The zero-order valence-corrected chi connectivity index (χ0v) is 11.9. The molecule has 0 spiro atoms. The molecule has 0 aliphatic carbocycles. The summed E-state index contributed by atoms with van der Waals surface area (Å²) < 4.78 is 11.3. The number of nitrogens with two attached hydrogens (primary N) is 1. The number of aryl methyl sites for hydroxylation is 1. The van der Waals surface area contributed by atoms with Gasteiger partial charge >= 0.3 is 0 Å². The van der Waals surface area contributed by atoms with E-state index in [9.17, 15) is 0 Å². The van der Waals surface area contributed by atoms with Crippen molar-refractivity contribution in [3.05, 3.63) is 29.3 Å². The summed E-state index contributed by atoms with van der Waals surface area (Å²) in [5.41, 5.74) is 7.50. The van der Waals surface area contributed by atoms with Crippen molar-refractivity contribution >= 4 is 5.90 Å². The molecule has 1 heterocycles. The van der Waals surface area contributed by atoms with Crippen LogP contribution in [0.25, 0.3) is 0 Å². The number of nitrogens with zero attached hydrogens (tertiary/aromatic N) is 1. The monoisotopic (exact) mass is 262 g/mol. The molecule has 0 radical (unpaired) electrons. The highest BCUT2D eigenvalue weighted by molar-refractivity contribution is 5.98. The Morgan fingerprint density at radius 3 is 2.79 bits per heavy atom. The van der Waals surface area contributed by atoms with Gasteiger partial charge in [-0.3, -0.25) is 0 Å². The first-order valence-corrected chi connectivity index (χ1v) is 6.66. The molecule has 0 saturated heterocycles. The minimum atomic E-state index is -0.159. The Morgan fingerprint density at radius 2 is 2.21 bits per heavy atom. The molecule has 0 fully saturated rings. The Balaban J connectivity index is 2.35. The first kappa shape index (κ1) is 13.9. The molecule has 2 N–H and O–H groups in total. The van der Waals surface area contributed by atoms with E-state index in [1.165, 1.54) is 0 Å². The zero-order chi connectivity index (χ0) is 13.9. The molecular weight excluding hydrogens is 240 g/mol. The van der Waals surface area contributed by atoms with Crippen LogP contribution in [0, 0.1) is 0 Å². The lowest BCUT2D eigenvalue weighted by atomic mass is 10.0. The van der Waals surface area contributed by atoms with E-state index in [0.29, 0.717) is 19.0 Å². The Morgan fingerprint density at radius 1 is 1.42 bits per heavy atom. The number of methoxy groups -OCH3 is 1. The zero-order valence-electron chi connectivity index (χ0n) is 11.9. The molecule has 2 rings (SSSR count). The van der Waals surface area contributed by atoms with E-state index in [4.69, 9.17) is 15.2 Å². The number of hydrogen-bond donors (Lipinski definition) is 1. The van der Waals surface area contributed by atoms with Crippen molar-refractivity contribution in [2.45, 2.75) is 32.2 Å². The van der Waals surface area contributed by atoms with Crippen LogP contribution in [0.1, 0.15) is 31.4 Å². The molecule has 104 valence electrons. The molecule has 1 aliphatic heterocycles. The third-order valence-corrected chi connectivity index (χ3v) is 3.15. The van der Waals surface area contributed by atoms with E-state index in [-0.39, 0.29) is 5.54 Å². The fourth-order valence-electron chi connectivity index (χ4n) is 2.21. The topological polar surface area (TPSA) is 56.8 Å². The smallest absolute Gasteiger partial charge is 0.220 e. The van der Waals surface area contributed by atoms with Gasteiger partial charge in [-0.2, -0.15) is 0 Å². The molecule has 4 nitrogen and oxygen atoms in total. The van der Waals surface area contributed by atoms with E-state index in [1.807, 2.05) is 12.1 Å². The van der Waals surface area contributed by atoms with Crippen molar-refractivity contribution in [3.8, 4) is 5.75 Å². The van der Waals surface area contributed by atoms with Gasteiger partial charge in [0.2, 0.25) is 5.90 Å². The molecule has 0 saturated carbocycles. The molecule has 0 unspecified atom stereocenters. The normalized spacial score (nSPS) is 16.9. The summed E-state index contributed by atoms with van der Waals surface area (Å²) >= 11 is 0. The molecule has 1 aromatic rings. The van der Waals surface area contributed by atoms with Gasteiger partial charge < -0.3 is 15.2 Å². The fraction of sp³-hybridized carbons (Fsp3) is 0.533. The molecule has 19 heavy (non-hydrogen) atoms. The third-order valence-electron chi connectivity index (χ3n) is 3.15. The largest absolute Gasteiger partial charge is 0.496 e. The van der Waals surface area contributed by atoms with Gasteiger partial charge in [-0.15, -0.1) is 0 Å². The molecule has 4 heteroatoms. The third kappa shape index (κ3) is 3.07. The summed E-state index contributed by atoms with van der Waals surface area (Å²) in [6, 6.07) is 6.07. The fourth-order valence-corrected chi connectivity index (χ4v) is 2.21. The highest BCUT2D eigenvalue weighted by atomic mass is 16.5. The maximum absolute atomic E-state index is 5.70. The lowest BCUT2D eigenvalue weighted by molar-refractivity contribution is 0.278. The molecule has 0 atom stereocenters. The molecule has 0 bridgehead atoms. The lowest BCUT2D eigenvalue weighted by Crippen LogP contribution is -2.17. The second kappa shape index (κ2) is 5.61. The van der Waals surface area contributed by atoms with Gasteiger partial charge in [-0.1, -0.05) is 12.1 Å². The summed E-state index contributed by atoms with van der Waals surface area (Å²) in [4.78, 5) is 4.61. The SMILES string of the molecule is COc1c(CCCN)cccc1C1=NC(C)(C)CO1. The second-order valence-electron chi connectivity index (χ2n) is 5.41. The number of ether oxygens (including phenoxy) is 2. The number of benzene rings is 1. The van der Waals surface area contributed by atoms with Crippen LogP contribution in [-0.2, 0) is 11.2 Å². The highest BCUT2D eigenvalue weighted by Gasteiger charge is 2.28.